The number of carbonyl (C=O) groups excluding carboxylic acids is 1. The molecule has 154 valence electrons. The van der Waals surface area contributed by atoms with Crippen LogP contribution < -0.4 is 9.47 Å². The predicted molar refractivity (Wildman–Crippen MR) is 117 cm³/mol. The number of para-hydroxylation sites is 1. The van der Waals surface area contributed by atoms with E-state index in [2.05, 4.69) is 10.1 Å². The molecule has 0 aliphatic carbocycles. The summed E-state index contributed by atoms with van der Waals surface area (Å²) in [6.45, 7) is 3.49. The number of halogens is 1. The van der Waals surface area contributed by atoms with Gasteiger partial charge in [0.2, 0.25) is 5.91 Å². The fourth-order valence-electron chi connectivity index (χ4n) is 3.82. The van der Waals surface area contributed by atoms with E-state index < -0.39 is 0 Å². The summed E-state index contributed by atoms with van der Waals surface area (Å²) >= 11 is 6.58. The van der Waals surface area contributed by atoms with E-state index in [4.69, 9.17) is 21.1 Å². The molecule has 2 heterocycles. The van der Waals surface area contributed by atoms with Gasteiger partial charge in [-0.3, -0.25) is 4.79 Å². The summed E-state index contributed by atoms with van der Waals surface area (Å²) in [6.07, 6.45) is 0.488. The summed E-state index contributed by atoms with van der Waals surface area (Å²) < 4.78 is 10.9. The quantitative estimate of drug-likeness (QED) is 0.559. The molecular weight excluding hydrogens is 402 g/mol. The number of rotatable bonds is 4. The van der Waals surface area contributed by atoms with Crippen molar-refractivity contribution in [3.05, 3.63) is 64.3 Å². The van der Waals surface area contributed by atoms with Crippen LogP contribution in [0.5, 0.6) is 11.5 Å². The van der Waals surface area contributed by atoms with Crippen molar-refractivity contribution in [1.82, 2.24) is 9.99 Å². The maximum Gasteiger partial charge on any atom is 0.240 e. The molecule has 1 aliphatic rings. The number of amides is 1. The van der Waals surface area contributed by atoms with Crippen molar-refractivity contribution in [2.45, 2.75) is 26.3 Å². The Kier molecular flexibility index (Phi) is 5.35. The first kappa shape index (κ1) is 20.2. The minimum absolute atomic E-state index is 0.169. The lowest BCUT2D eigenvalue weighted by Crippen LogP contribution is -2.24. The summed E-state index contributed by atoms with van der Waals surface area (Å²) in [5.41, 5.74) is 4.19. The minimum atomic E-state index is -0.349. The Balaban J connectivity index is 1.80. The van der Waals surface area contributed by atoms with Crippen LogP contribution in [0.25, 0.3) is 10.9 Å². The van der Waals surface area contributed by atoms with Gasteiger partial charge in [0.25, 0.3) is 0 Å². The maximum atomic E-state index is 12.4. The summed E-state index contributed by atoms with van der Waals surface area (Å²) in [5.74, 6) is 1.18. The van der Waals surface area contributed by atoms with Crippen LogP contribution in [0.15, 0.2) is 47.6 Å². The van der Waals surface area contributed by atoms with Crippen molar-refractivity contribution in [1.29, 1.82) is 0 Å². The third-order valence-electron chi connectivity index (χ3n) is 5.34. The lowest BCUT2D eigenvalue weighted by Gasteiger charge is -2.21. The Hall–Kier alpha value is -3.12. The Bertz CT molecular complexity index is 1180. The number of nitrogens with zero attached hydrogens (tertiary/aromatic N) is 3. The molecule has 0 radical (unpaired) electrons. The molecule has 6 nitrogen and oxygen atoms in total. The first-order valence-corrected chi connectivity index (χ1v) is 9.96. The number of benzene rings is 2. The summed E-state index contributed by atoms with van der Waals surface area (Å²) in [7, 11) is 3.21. The van der Waals surface area contributed by atoms with E-state index in [0.717, 1.165) is 33.3 Å². The van der Waals surface area contributed by atoms with E-state index in [-0.39, 0.29) is 11.9 Å². The molecule has 3 aromatic rings. The molecule has 0 N–H and O–H groups in total. The van der Waals surface area contributed by atoms with Crippen molar-refractivity contribution in [3.63, 3.8) is 0 Å². The molecule has 0 saturated heterocycles. The number of pyridine rings is 1. The zero-order valence-corrected chi connectivity index (χ0v) is 18.0. The number of ether oxygens (including phenoxy) is 2. The van der Waals surface area contributed by atoms with Crippen molar-refractivity contribution in [2.75, 3.05) is 14.2 Å². The molecule has 1 atom stereocenters. The Labute approximate surface area is 180 Å². The summed E-state index contributed by atoms with van der Waals surface area (Å²) in [6, 6.07) is 13.1. The second kappa shape index (κ2) is 7.95. The molecule has 0 fully saturated rings. The van der Waals surface area contributed by atoms with E-state index >= 15 is 0 Å². The average molecular weight is 424 g/mol. The fourth-order valence-corrected chi connectivity index (χ4v) is 4.08. The third-order valence-corrected chi connectivity index (χ3v) is 5.64. The zero-order valence-electron chi connectivity index (χ0n) is 17.3. The highest BCUT2D eigenvalue weighted by Gasteiger charge is 2.34. The van der Waals surface area contributed by atoms with Crippen LogP contribution in [-0.2, 0) is 4.79 Å². The average Bonchev–Trinajstić information content (AvgIpc) is 3.19. The standard InChI is InChI=1S/C23H22ClN3O3/c1-13-6-5-7-15-10-18(23(24)25-22(13)15)20-12-19(26-27(20)14(2)28)17-11-16(29-3)8-9-21(17)30-4/h5-11,20H,12H2,1-4H3/t20-/m0/s1. The molecule has 0 unspecified atom stereocenters. The van der Waals surface area contributed by atoms with E-state index in [9.17, 15) is 4.79 Å². The monoisotopic (exact) mass is 423 g/mol. The van der Waals surface area contributed by atoms with Crippen LogP contribution in [0.2, 0.25) is 5.15 Å². The molecule has 7 heteroatoms. The number of hydrogen-bond acceptors (Lipinski definition) is 5. The van der Waals surface area contributed by atoms with Crippen LogP contribution >= 0.6 is 11.6 Å². The van der Waals surface area contributed by atoms with Gasteiger partial charge in [-0.15, -0.1) is 0 Å². The number of fused-ring (bicyclic) bond motifs is 1. The normalized spacial score (nSPS) is 16.0. The van der Waals surface area contributed by atoms with Gasteiger partial charge in [0, 0.05) is 29.9 Å². The number of aryl methyl sites for hydroxylation is 1. The van der Waals surface area contributed by atoms with Crippen molar-refractivity contribution in [3.8, 4) is 11.5 Å². The smallest absolute Gasteiger partial charge is 0.240 e. The van der Waals surface area contributed by atoms with Gasteiger partial charge in [0.1, 0.15) is 16.7 Å². The maximum absolute atomic E-state index is 12.4. The van der Waals surface area contributed by atoms with Gasteiger partial charge in [0.05, 0.1) is 31.5 Å². The van der Waals surface area contributed by atoms with E-state index in [1.807, 2.05) is 49.4 Å². The summed E-state index contributed by atoms with van der Waals surface area (Å²) in [5, 5.41) is 7.44. The highest BCUT2D eigenvalue weighted by Crippen LogP contribution is 2.39. The third kappa shape index (κ3) is 3.48. The topological polar surface area (TPSA) is 64.0 Å². The zero-order chi connectivity index (χ0) is 21.4. The van der Waals surface area contributed by atoms with Crippen LogP contribution in [0.3, 0.4) is 0 Å². The second-order valence-electron chi connectivity index (χ2n) is 7.21. The van der Waals surface area contributed by atoms with Gasteiger partial charge >= 0.3 is 0 Å². The Morgan fingerprint density at radius 2 is 1.97 bits per heavy atom. The molecule has 0 saturated carbocycles. The van der Waals surface area contributed by atoms with Gasteiger partial charge < -0.3 is 9.47 Å². The van der Waals surface area contributed by atoms with Gasteiger partial charge in [-0.25, -0.2) is 9.99 Å². The van der Waals surface area contributed by atoms with E-state index in [1.54, 1.807) is 14.2 Å². The van der Waals surface area contributed by atoms with Crippen LogP contribution in [-0.4, -0.2) is 35.8 Å². The van der Waals surface area contributed by atoms with E-state index in [1.165, 1.54) is 11.9 Å². The number of hydrazone groups is 1. The molecule has 0 spiro atoms. The highest BCUT2D eigenvalue weighted by molar-refractivity contribution is 6.30. The molecule has 2 aromatic carbocycles. The van der Waals surface area contributed by atoms with Crippen molar-refractivity contribution in [2.24, 2.45) is 5.10 Å². The number of aromatic nitrogens is 1. The first-order valence-electron chi connectivity index (χ1n) is 9.58. The fraction of sp³-hybridized carbons (Fsp3) is 0.261. The first-order chi connectivity index (χ1) is 14.4. The summed E-state index contributed by atoms with van der Waals surface area (Å²) in [4.78, 5) is 17.0. The van der Waals surface area contributed by atoms with E-state index in [0.29, 0.717) is 23.1 Å². The molecule has 1 aromatic heterocycles. The minimum Gasteiger partial charge on any atom is -0.497 e. The molecule has 1 aliphatic heterocycles. The molecule has 1 amide bonds. The van der Waals surface area contributed by atoms with Gasteiger partial charge in [-0.1, -0.05) is 29.8 Å². The number of carbonyl (C=O) groups is 1. The van der Waals surface area contributed by atoms with Crippen LogP contribution in [0.4, 0.5) is 0 Å². The number of hydrogen-bond donors (Lipinski definition) is 0. The SMILES string of the molecule is COc1ccc(OC)c(C2=NN(C(C)=O)[C@H](c3cc4cccc(C)c4nc3Cl)C2)c1. The molecule has 30 heavy (non-hydrogen) atoms. The van der Waals surface area contributed by atoms with Gasteiger partial charge in [0.15, 0.2) is 0 Å². The van der Waals surface area contributed by atoms with Crippen LogP contribution in [0, 0.1) is 6.92 Å². The van der Waals surface area contributed by atoms with Gasteiger partial charge in [-0.05, 0) is 36.8 Å². The number of methoxy groups -OCH3 is 2. The Morgan fingerprint density at radius 1 is 1.17 bits per heavy atom. The van der Waals surface area contributed by atoms with Crippen molar-refractivity contribution < 1.29 is 14.3 Å². The lowest BCUT2D eigenvalue weighted by molar-refractivity contribution is -0.130. The molecular formula is C23H22ClN3O3. The molecule has 0 bridgehead atoms. The largest absolute Gasteiger partial charge is 0.497 e. The van der Waals surface area contributed by atoms with Crippen LogP contribution in [0.1, 0.15) is 36.1 Å². The van der Waals surface area contributed by atoms with Crippen molar-refractivity contribution >= 4 is 34.1 Å². The van der Waals surface area contributed by atoms with Gasteiger partial charge in [-0.2, -0.15) is 5.10 Å². The second-order valence-corrected chi connectivity index (χ2v) is 7.57. The Morgan fingerprint density at radius 3 is 2.67 bits per heavy atom. The molecule has 4 rings (SSSR count). The predicted octanol–water partition coefficient (Wildman–Crippen LogP) is 4.91. The highest BCUT2D eigenvalue weighted by atomic mass is 35.5. The lowest BCUT2D eigenvalue weighted by atomic mass is 9.97.